The Morgan fingerprint density at radius 2 is 2.18 bits per heavy atom. The highest BCUT2D eigenvalue weighted by atomic mass is 16.5. The summed E-state index contributed by atoms with van der Waals surface area (Å²) in [6.07, 6.45) is 1.99. The Bertz CT molecular complexity index is 638. The normalized spacial score (nSPS) is 17.8. The fraction of sp³-hybridized carbons (Fsp3) is 0.571. The monoisotopic (exact) mass is 306 g/mol. The number of hydrogen-bond acceptors (Lipinski definition) is 7. The Balaban J connectivity index is 1.53. The number of aromatic nitrogens is 3. The average molecular weight is 306 g/mol. The highest BCUT2D eigenvalue weighted by molar-refractivity contribution is 5.78. The van der Waals surface area contributed by atoms with E-state index < -0.39 is 0 Å². The van der Waals surface area contributed by atoms with Crippen molar-refractivity contribution in [2.75, 3.05) is 6.61 Å². The van der Waals surface area contributed by atoms with E-state index in [0.29, 0.717) is 17.5 Å². The number of hydrogen-bond donors (Lipinski definition) is 1. The minimum absolute atomic E-state index is 0.112. The van der Waals surface area contributed by atoms with Crippen molar-refractivity contribution in [3.05, 3.63) is 28.7 Å². The van der Waals surface area contributed by atoms with Gasteiger partial charge in [-0.3, -0.25) is 4.79 Å². The number of ether oxygens (including phenoxy) is 1. The van der Waals surface area contributed by atoms with Gasteiger partial charge in [0, 0.05) is 12.2 Å². The zero-order valence-corrected chi connectivity index (χ0v) is 12.6. The number of aryl methyl sites for hydroxylation is 2. The van der Waals surface area contributed by atoms with Gasteiger partial charge in [0.2, 0.25) is 5.91 Å². The van der Waals surface area contributed by atoms with Gasteiger partial charge >= 0.3 is 0 Å². The van der Waals surface area contributed by atoms with E-state index in [1.54, 1.807) is 6.92 Å². The second-order valence-electron chi connectivity index (χ2n) is 5.31. The summed E-state index contributed by atoms with van der Waals surface area (Å²) in [5, 5.41) is 10.4. The van der Waals surface area contributed by atoms with Gasteiger partial charge in [0.15, 0.2) is 5.82 Å². The summed E-state index contributed by atoms with van der Waals surface area (Å²) >= 11 is 0. The van der Waals surface area contributed by atoms with E-state index in [1.165, 1.54) is 0 Å². The lowest BCUT2D eigenvalue weighted by Gasteiger charge is -2.02. The van der Waals surface area contributed by atoms with Crippen LogP contribution < -0.4 is 5.32 Å². The maximum atomic E-state index is 12.0. The third-order valence-corrected chi connectivity index (χ3v) is 3.65. The molecule has 22 heavy (non-hydrogen) atoms. The molecule has 8 nitrogen and oxygen atoms in total. The van der Waals surface area contributed by atoms with Gasteiger partial charge in [-0.15, -0.1) is 0 Å². The third kappa shape index (κ3) is 3.16. The van der Waals surface area contributed by atoms with E-state index >= 15 is 0 Å². The lowest BCUT2D eigenvalue weighted by atomic mass is 10.1. The molecule has 0 spiro atoms. The topological polar surface area (TPSA) is 103 Å². The molecule has 1 fully saturated rings. The maximum Gasteiger partial charge on any atom is 0.255 e. The lowest BCUT2D eigenvalue weighted by Crippen LogP contribution is -2.25. The average Bonchev–Trinajstić information content (AvgIpc) is 3.22. The molecular weight excluding hydrogens is 288 g/mol. The molecule has 8 heteroatoms. The highest BCUT2D eigenvalue weighted by Gasteiger charge is 2.24. The van der Waals surface area contributed by atoms with Crippen molar-refractivity contribution in [3.63, 3.8) is 0 Å². The van der Waals surface area contributed by atoms with Crippen LogP contribution in [-0.4, -0.2) is 27.8 Å². The Labute approximate surface area is 127 Å². The number of rotatable bonds is 5. The number of amides is 1. The molecule has 0 bridgehead atoms. The Morgan fingerprint density at radius 1 is 1.32 bits per heavy atom. The third-order valence-electron chi connectivity index (χ3n) is 3.65. The first kappa shape index (κ1) is 14.7. The molecule has 1 aliphatic heterocycles. The van der Waals surface area contributed by atoms with Crippen LogP contribution in [0.1, 0.15) is 47.7 Å². The summed E-state index contributed by atoms with van der Waals surface area (Å²) in [5.41, 5.74) is 1.54. The van der Waals surface area contributed by atoms with Gasteiger partial charge in [0.05, 0.1) is 18.7 Å². The second-order valence-corrected chi connectivity index (χ2v) is 5.31. The lowest BCUT2D eigenvalue weighted by molar-refractivity contribution is -0.120. The molecule has 0 radical (unpaired) electrons. The van der Waals surface area contributed by atoms with Crippen molar-refractivity contribution >= 4 is 5.91 Å². The molecule has 2 aromatic rings. The molecule has 1 amide bonds. The van der Waals surface area contributed by atoms with Gasteiger partial charge in [-0.1, -0.05) is 10.3 Å². The number of nitrogens with zero attached hydrogens (tertiary/aromatic N) is 3. The Morgan fingerprint density at radius 3 is 2.86 bits per heavy atom. The van der Waals surface area contributed by atoms with Gasteiger partial charge in [-0.2, -0.15) is 4.98 Å². The predicted molar refractivity (Wildman–Crippen MR) is 73.8 cm³/mol. The summed E-state index contributed by atoms with van der Waals surface area (Å²) in [5.74, 6) is 1.44. The number of carbonyl (C=O) groups is 1. The van der Waals surface area contributed by atoms with Crippen LogP contribution in [0.25, 0.3) is 0 Å². The van der Waals surface area contributed by atoms with E-state index in [2.05, 4.69) is 20.6 Å². The van der Waals surface area contributed by atoms with E-state index in [9.17, 15) is 4.79 Å². The van der Waals surface area contributed by atoms with Gasteiger partial charge in [-0.05, 0) is 26.7 Å². The molecular formula is C14H18N4O4. The van der Waals surface area contributed by atoms with Crippen LogP contribution >= 0.6 is 0 Å². The van der Waals surface area contributed by atoms with Crippen LogP contribution in [0.3, 0.4) is 0 Å². The molecule has 1 unspecified atom stereocenters. The van der Waals surface area contributed by atoms with Gasteiger partial charge < -0.3 is 19.1 Å². The van der Waals surface area contributed by atoms with Crippen LogP contribution in [0, 0.1) is 13.8 Å². The largest absolute Gasteiger partial charge is 0.368 e. The molecule has 1 aliphatic rings. The van der Waals surface area contributed by atoms with Crippen LogP contribution in [0.4, 0.5) is 0 Å². The summed E-state index contributed by atoms with van der Waals surface area (Å²) in [6.45, 7) is 4.54. The molecule has 0 aromatic carbocycles. The summed E-state index contributed by atoms with van der Waals surface area (Å²) in [7, 11) is 0. The smallest absolute Gasteiger partial charge is 0.255 e. The highest BCUT2D eigenvalue weighted by Crippen LogP contribution is 2.26. The van der Waals surface area contributed by atoms with Crippen molar-refractivity contribution < 1.29 is 18.6 Å². The molecule has 118 valence electrons. The predicted octanol–water partition coefficient (Wildman–Crippen LogP) is 1.38. The van der Waals surface area contributed by atoms with Crippen molar-refractivity contribution in [2.24, 2.45) is 0 Å². The molecule has 3 heterocycles. The first-order valence-electron chi connectivity index (χ1n) is 7.26. The van der Waals surface area contributed by atoms with Crippen molar-refractivity contribution in [1.29, 1.82) is 0 Å². The van der Waals surface area contributed by atoms with Crippen LogP contribution in [0.15, 0.2) is 9.05 Å². The molecule has 3 rings (SSSR count). The summed E-state index contributed by atoms with van der Waals surface area (Å²) in [4.78, 5) is 16.2. The second kappa shape index (κ2) is 6.27. The zero-order chi connectivity index (χ0) is 15.5. The zero-order valence-electron chi connectivity index (χ0n) is 12.6. The minimum Gasteiger partial charge on any atom is -0.368 e. The van der Waals surface area contributed by atoms with Crippen LogP contribution in [0.2, 0.25) is 0 Å². The standard InChI is InChI=1S/C14H18N4O4/c1-8-10(9(2)21-17-8)6-13(19)15-7-12-16-14(22-18-12)11-4-3-5-20-11/h11H,3-7H2,1-2H3,(H,15,19). The molecule has 1 atom stereocenters. The van der Waals surface area contributed by atoms with Gasteiger partial charge in [0.25, 0.3) is 5.89 Å². The fourth-order valence-electron chi connectivity index (χ4n) is 2.40. The Hall–Kier alpha value is -2.22. The summed E-state index contributed by atoms with van der Waals surface area (Å²) < 4.78 is 15.7. The van der Waals surface area contributed by atoms with Gasteiger partial charge in [-0.25, -0.2) is 0 Å². The summed E-state index contributed by atoms with van der Waals surface area (Å²) in [6, 6.07) is 0. The van der Waals surface area contributed by atoms with E-state index in [1.807, 2.05) is 6.92 Å². The number of nitrogens with one attached hydrogen (secondary N) is 1. The van der Waals surface area contributed by atoms with E-state index in [-0.39, 0.29) is 25.0 Å². The molecule has 2 aromatic heterocycles. The molecule has 0 aliphatic carbocycles. The minimum atomic E-state index is -0.141. The first-order chi connectivity index (χ1) is 10.6. The maximum absolute atomic E-state index is 12.0. The van der Waals surface area contributed by atoms with Crippen molar-refractivity contribution in [3.8, 4) is 0 Å². The molecule has 0 saturated carbocycles. The first-order valence-corrected chi connectivity index (χ1v) is 7.26. The quantitative estimate of drug-likeness (QED) is 0.890. The van der Waals surface area contributed by atoms with Crippen LogP contribution in [-0.2, 0) is 22.5 Å². The van der Waals surface area contributed by atoms with Crippen LogP contribution in [0.5, 0.6) is 0 Å². The molecule has 1 saturated heterocycles. The van der Waals surface area contributed by atoms with Crippen molar-refractivity contribution in [1.82, 2.24) is 20.6 Å². The fourth-order valence-corrected chi connectivity index (χ4v) is 2.40. The SMILES string of the molecule is Cc1noc(C)c1CC(=O)NCc1noc(C2CCCO2)n1. The molecule has 1 N–H and O–H groups in total. The Kier molecular flexibility index (Phi) is 4.19. The van der Waals surface area contributed by atoms with Crippen molar-refractivity contribution in [2.45, 2.75) is 45.8 Å². The van der Waals surface area contributed by atoms with E-state index in [0.717, 1.165) is 30.7 Å². The van der Waals surface area contributed by atoms with Gasteiger partial charge in [0.1, 0.15) is 11.9 Å². The number of carbonyl (C=O) groups excluding carboxylic acids is 1. The van der Waals surface area contributed by atoms with E-state index in [4.69, 9.17) is 13.8 Å².